The molecule has 0 fully saturated rings. The summed E-state index contributed by atoms with van der Waals surface area (Å²) in [4.78, 5) is 11.9. The Kier molecular flexibility index (Phi) is 3.96. The average molecular weight is 289 g/mol. The smallest absolute Gasteiger partial charge is 0.434 e. The van der Waals surface area contributed by atoms with E-state index in [4.69, 9.17) is 4.74 Å². The van der Waals surface area contributed by atoms with E-state index < -0.39 is 30.2 Å². The van der Waals surface area contributed by atoms with Crippen LogP contribution in [0.5, 0.6) is 0 Å². The van der Waals surface area contributed by atoms with Gasteiger partial charge in [-0.1, -0.05) is 30.3 Å². The summed E-state index contributed by atoms with van der Waals surface area (Å²) in [6, 6.07) is 8.50. The zero-order chi connectivity index (χ0) is 14.8. The van der Waals surface area contributed by atoms with E-state index in [1.165, 1.54) is 0 Å². The van der Waals surface area contributed by atoms with E-state index in [9.17, 15) is 22.4 Å². The minimum absolute atomic E-state index is 0.164. The number of benzene rings is 1. The van der Waals surface area contributed by atoms with Gasteiger partial charge >= 0.3 is 12.3 Å². The van der Waals surface area contributed by atoms with Gasteiger partial charge in [0.15, 0.2) is 5.70 Å². The summed E-state index contributed by atoms with van der Waals surface area (Å²) in [6.07, 6.45) is -6.56. The molecule has 2 rings (SSSR count). The summed E-state index contributed by atoms with van der Waals surface area (Å²) in [6.45, 7) is -0.531. The zero-order valence-electron chi connectivity index (χ0n) is 10.3. The number of amides is 1. The summed E-state index contributed by atoms with van der Waals surface area (Å²) >= 11 is 0. The highest BCUT2D eigenvalue weighted by atomic mass is 19.4. The molecule has 0 bridgehead atoms. The van der Waals surface area contributed by atoms with Crippen LogP contribution in [0.3, 0.4) is 0 Å². The predicted molar refractivity (Wildman–Crippen MR) is 62.1 cm³/mol. The molecule has 0 N–H and O–H groups in total. The highest BCUT2D eigenvalue weighted by molar-refractivity contribution is 5.71. The molecule has 0 atom stereocenters. The van der Waals surface area contributed by atoms with Gasteiger partial charge in [0.05, 0.1) is 0 Å². The maximum atomic E-state index is 13.2. The Hall–Kier alpha value is -2.05. The molecule has 1 aliphatic heterocycles. The molecule has 1 heterocycles. The minimum Gasteiger partial charge on any atom is -0.444 e. The molecule has 0 aliphatic carbocycles. The van der Waals surface area contributed by atoms with Gasteiger partial charge in [-0.25, -0.2) is 9.18 Å². The number of carbonyl (C=O) groups is 1. The van der Waals surface area contributed by atoms with Crippen molar-refractivity contribution in [3.05, 3.63) is 47.4 Å². The summed E-state index contributed by atoms with van der Waals surface area (Å²) in [5.41, 5.74) is -0.923. The Bertz CT molecular complexity index is 525. The summed E-state index contributed by atoms with van der Waals surface area (Å²) in [7, 11) is 0. The number of nitrogens with zero attached hydrogens (tertiary/aromatic N) is 1. The second kappa shape index (κ2) is 5.52. The van der Waals surface area contributed by atoms with Crippen LogP contribution in [0.2, 0.25) is 0 Å². The number of carbonyl (C=O) groups excluding carboxylic acids is 1. The fourth-order valence-corrected chi connectivity index (χ4v) is 1.87. The lowest BCUT2D eigenvalue weighted by Crippen LogP contribution is -2.34. The first-order valence-corrected chi connectivity index (χ1v) is 5.83. The standard InChI is InChI=1S/C13H11F4NO2/c14-10-6-7-18(11(10)13(15,16)17)12(19)20-8-9-4-2-1-3-5-9/h1-5H,6-8H2. The lowest BCUT2D eigenvalue weighted by Gasteiger charge is -2.21. The monoisotopic (exact) mass is 289 g/mol. The number of hydrogen-bond donors (Lipinski definition) is 0. The van der Waals surface area contributed by atoms with Crippen LogP contribution in [-0.2, 0) is 11.3 Å². The quantitative estimate of drug-likeness (QED) is 0.776. The number of rotatable bonds is 2. The van der Waals surface area contributed by atoms with Crippen molar-refractivity contribution in [1.29, 1.82) is 0 Å². The summed E-state index contributed by atoms with van der Waals surface area (Å²) < 4.78 is 55.9. The van der Waals surface area contributed by atoms with E-state index in [2.05, 4.69) is 0 Å². The van der Waals surface area contributed by atoms with Crippen LogP contribution in [0.15, 0.2) is 41.9 Å². The van der Waals surface area contributed by atoms with Crippen molar-refractivity contribution < 1.29 is 27.1 Å². The largest absolute Gasteiger partial charge is 0.444 e. The molecule has 1 aromatic carbocycles. The highest BCUT2D eigenvalue weighted by Gasteiger charge is 2.46. The number of allylic oxidation sites excluding steroid dienone is 1. The van der Waals surface area contributed by atoms with E-state index in [1.54, 1.807) is 30.3 Å². The maximum Gasteiger partial charge on any atom is 0.434 e. The van der Waals surface area contributed by atoms with Gasteiger partial charge in [-0.05, 0) is 5.56 Å². The highest BCUT2D eigenvalue weighted by Crippen LogP contribution is 2.37. The molecular weight excluding hydrogens is 278 g/mol. The maximum absolute atomic E-state index is 13.2. The van der Waals surface area contributed by atoms with Crippen LogP contribution in [0, 0.1) is 0 Å². The van der Waals surface area contributed by atoms with Crippen LogP contribution in [0.25, 0.3) is 0 Å². The lowest BCUT2D eigenvalue weighted by molar-refractivity contribution is -0.109. The van der Waals surface area contributed by atoms with E-state index in [-0.39, 0.29) is 18.1 Å². The van der Waals surface area contributed by atoms with Crippen molar-refractivity contribution in [2.24, 2.45) is 0 Å². The molecule has 1 aliphatic rings. The SMILES string of the molecule is O=C(OCc1ccccc1)N1CCC(F)=C1C(F)(F)F. The summed E-state index contributed by atoms with van der Waals surface area (Å²) in [5.74, 6) is -1.34. The second-order valence-corrected chi connectivity index (χ2v) is 4.19. The molecule has 1 amide bonds. The van der Waals surface area contributed by atoms with E-state index in [0.29, 0.717) is 5.56 Å². The molecule has 0 saturated heterocycles. The first kappa shape index (κ1) is 14.4. The van der Waals surface area contributed by atoms with Crippen LogP contribution in [0.1, 0.15) is 12.0 Å². The Morgan fingerprint density at radius 1 is 1.25 bits per heavy atom. The molecule has 1 aromatic rings. The van der Waals surface area contributed by atoms with Crippen molar-refractivity contribution >= 4 is 6.09 Å². The fourth-order valence-electron chi connectivity index (χ4n) is 1.87. The van der Waals surface area contributed by atoms with Crippen LogP contribution in [-0.4, -0.2) is 23.7 Å². The molecule has 108 valence electrons. The van der Waals surface area contributed by atoms with Gasteiger partial charge < -0.3 is 4.74 Å². The molecule has 0 radical (unpaired) electrons. The predicted octanol–water partition coefficient (Wildman–Crippen LogP) is 3.77. The van der Waals surface area contributed by atoms with Gasteiger partial charge in [0.25, 0.3) is 0 Å². The Balaban J connectivity index is 2.03. The molecule has 0 saturated carbocycles. The van der Waals surface area contributed by atoms with Crippen LogP contribution >= 0.6 is 0 Å². The van der Waals surface area contributed by atoms with Crippen molar-refractivity contribution in [2.45, 2.75) is 19.2 Å². The van der Waals surface area contributed by atoms with Gasteiger partial charge in [-0.3, -0.25) is 4.90 Å². The minimum atomic E-state index is -4.91. The molecule has 0 spiro atoms. The Labute approximate surface area is 112 Å². The van der Waals surface area contributed by atoms with Crippen molar-refractivity contribution in [3.63, 3.8) is 0 Å². The van der Waals surface area contributed by atoms with Gasteiger partial charge in [-0.2, -0.15) is 13.2 Å². The Morgan fingerprint density at radius 3 is 2.50 bits per heavy atom. The number of ether oxygens (including phenoxy) is 1. The molecular formula is C13H11F4NO2. The van der Waals surface area contributed by atoms with E-state index in [0.717, 1.165) is 0 Å². The zero-order valence-corrected chi connectivity index (χ0v) is 10.3. The first-order valence-electron chi connectivity index (χ1n) is 5.83. The first-order chi connectivity index (χ1) is 9.39. The van der Waals surface area contributed by atoms with Gasteiger partial charge in [-0.15, -0.1) is 0 Å². The van der Waals surface area contributed by atoms with Crippen molar-refractivity contribution in [3.8, 4) is 0 Å². The lowest BCUT2D eigenvalue weighted by atomic mass is 10.2. The third-order valence-corrected chi connectivity index (χ3v) is 2.78. The molecule has 7 heteroatoms. The molecule has 0 unspecified atom stereocenters. The van der Waals surface area contributed by atoms with Gasteiger partial charge in [0.1, 0.15) is 12.4 Å². The Morgan fingerprint density at radius 2 is 1.90 bits per heavy atom. The fraction of sp³-hybridized carbons (Fsp3) is 0.308. The number of hydrogen-bond acceptors (Lipinski definition) is 2. The normalized spacial score (nSPS) is 15.7. The van der Waals surface area contributed by atoms with Gasteiger partial charge in [0.2, 0.25) is 0 Å². The van der Waals surface area contributed by atoms with Crippen LogP contribution < -0.4 is 0 Å². The van der Waals surface area contributed by atoms with Crippen molar-refractivity contribution in [2.75, 3.05) is 6.54 Å². The third-order valence-electron chi connectivity index (χ3n) is 2.78. The van der Waals surface area contributed by atoms with Crippen molar-refractivity contribution in [1.82, 2.24) is 4.90 Å². The van der Waals surface area contributed by atoms with E-state index in [1.807, 2.05) is 0 Å². The topological polar surface area (TPSA) is 29.5 Å². The van der Waals surface area contributed by atoms with Gasteiger partial charge in [0, 0.05) is 13.0 Å². The molecule has 0 aromatic heterocycles. The summed E-state index contributed by atoms with van der Waals surface area (Å²) in [5, 5.41) is 0. The molecule has 3 nitrogen and oxygen atoms in total. The van der Waals surface area contributed by atoms with Crippen LogP contribution in [0.4, 0.5) is 22.4 Å². The number of halogens is 4. The molecule has 20 heavy (non-hydrogen) atoms. The second-order valence-electron chi connectivity index (χ2n) is 4.19. The number of alkyl halides is 3. The average Bonchev–Trinajstić information content (AvgIpc) is 2.79. The third kappa shape index (κ3) is 3.09. The van der Waals surface area contributed by atoms with E-state index >= 15 is 0 Å².